The molecule has 0 fully saturated rings. The molecule has 0 saturated heterocycles. The highest BCUT2D eigenvalue weighted by Crippen LogP contribution is 2.14. The fraction of sp³-hybridized carbons (Fsp3) is 0.143. The van der Waals surface area contributed by atoms with E-state index in [4.69, 9.17) is 4.42 Å². The van der Waals surface area contributed by atoms with Gasteiger partial charge in [-0.1, -0.05) is 0 Å². The van der Waals surface area contributed by atoms with Crippen molar-refractivity contribution >= 4 is 17.5 Å². The van der Waals surface area contributed by atoms with Gasteiger partial charge in [0, 0.05) is 18.3 Å². The Labute approximate surface area is 110 Å². The highest BCUT2D eigenvalue weighted by atomic mass is 16.3. The van der Waals surface area contributed by atoms with Gasteiger partial charge in [0.1, 0.15) is 5.76 Å². The largest absolute Gasteiger partial charge is 0.469 e. The number of hydrogen-bond acceptors (Lipinski definition) is 3. The summed E-state index contributed by atoms with van der Waals surface area (Å²) in [6, 6.07) is 8.27. The molecule has 0 aliphatic carbocycles. The van der Waals surface area contributed by atoms with E-state index in [9.17, 15) is 9.59 Å². The molecule has 2 rings (SSSR count). The van der Waals surface area contributed by atoms with Crippen molar-refractivity contribution in [3.63, 3.8) is 0 Å². The molecule has 1 aromatic carbocycles. The lowest BCUT2D eigenvalue weighted by molar-refractivity contribution is 0.0962. The van der Waals surface area contributed by atoms with Crippen LogP contribution in [0.25, 0.3) is 0 Å². The van der Waals surface area contributed by atoms with Crippen molar-refractivity contribution in [2.75, 3.05) is 12.4 Å². The molecular weight excluding hydrogens is 244 g/mol. The monoisotopic (exact) mass is 258 g/mol. The van der Waals surface area contributed by atoms with Crippen molar-refractivity contribution in [2.45, 2.75) is 6.92 Å². The van der Waals surface area contributed by atoms with Crippen molar-refractivity contribution < 1.29 is 14.0 Å². The van der Waals surface area contributed by atoms with Crippen LogP contribution >= 0.6 is 0 Å². The van der Waals surface area contributed by atoms with E-state index in [1.54, 1.807) is 44.3 Å². The first-order valence-electron chi connectivity index (χ1n) is 5.79. The average molecular weight is 258 g/mol. The van der Waals surface area contributed by atoms with Gasteiger partial charge in [-0.05, 0) is 37.3 Å². The molecule has 1 heterocycles. The second kappa shape index (κ2) is 5.39. The van der Waals surface area contributed by atoms with Gasteiger partial charge in [-0.15, -0.1) is 0 Å². The lowest BCUT2D eigenvalue weighted by atomic mass is 10.2. The van der Waals surface area contributed by atoms with Gasteiger partial charge in [0.2, 0.25) is 0 Å². The molecule has 5 heteroatoms. The Kier molecular flexibility index (Phi) is 3.66. The first-order chi connectivity index (χ1) is 9.11. The van der Waals surface area contributed by atoms with Crippen molar-refractivity contribution in [2.24, 2.45) is 0 Å². The maximum Gasteiger partial charge on any atom is 0.259 e. The molecule has 0 spiro atoms. The van der Waals surface area contributed by atoms with Gasteiger partial charge in [-0.2, -0.15) is 0 Å². The number of carbonyl (C=O) groups excluding carboxylic acids is 2. The molecule has 2 aromatic rings. The molecule has 19 heavy (non-hydrogen) atoms. The molecule has 2 N–H and O–H groups in total. The van der Waals surface area contributed by atoms with E-state index < -0.39 is 0 Å². The maximum absolute atomic E-state index is 11.9. The summed E-state index contributed by atoms with van der Waals surface area (Å²) in [4.78, 5) is 23.3. The van der Waals surface area contributed by atoms with Crippen LogP contribution in [-0.2, 0) is 0 Å². The van der Waals surface area contributed by atoms with Crippen molar-refractivity contribution in [3.8, 4) is 0 Å². The van der Waals surface area contributed by atoms with E-state index in [2.05, 4.69) is 10.6 Å². The van der Waals surface area contributed by atoms with Crippen LogP contribution in [0.2, 0.25) is 0 Å². The summed E-state index contributed by atoms with van der Waals surface area (Å²) in [5.41, 5.74) is 1.66. The minimum atomic E-state index is -0.237. The number of benzene rings is 1. The van der Waals surface area contributed by atoms with Gasteiger partial charge in [-0.25, -0.2) is 0 Å². The van der Waals surface area contributed by atoms with Gasteiger partial charge in [0.25, 0.3) is 11.8 Å². The smallest absolute Gasteiger partial charge is 0.259 e. The van der Waals surface area contributed by atoms with Gasteiger partial charge >= 0.3 is 0 Å². The number of aryl methyl sites for hydroxylation is 1. The number of nitrogens with one attached hydrogen (secondary N) is 2. The number of anilines is 1. The highest BCUT2D eigenvalue weighted by Gasteiger charge is 2.11. The van der Waals surface area contributed by atoms with Crippen molar-refractivity contribution in [3.05, 3.63) is 53.5 Å². The molecule has 0 bridgehead atoms. The van der Waals surface area contributed by atoms with E-state index in [1.807, 2.05) is 0 Å². The van der Waals surface area contributed by atoms with Crippen LogP contribution in [0, 0.1) is 6.92 Å². The molecule has 2 amide bonds. The van der Waals surface area contributed by atoms with Crippen LogP contribution in [0.5, 0.6) is 0 Å². The lowest BCUT2D eigenvalue weighted by Crippen LogP contribution is -2.17. The minimum absolute atomic E-state index is 0.163. The Bertz CT molecular complexity index is 599. The second-order valence-electron chi connectivity index (χ2n) is 4.00. The summed E-state index contributed by atoms with van der Waals surface area (Å²) in [6.45, 7) is 1.73. The molecule has 0 radical (unpaired) electrons. The van der Waals surface area contributed by atoms with Crippen LogP contribution in [0.1, 0.15) is 26.5 Å². The SMILES string of the molecule is CNC(=O)c1ccc(NC(=O)c2ccoc2C)cc1. The Morgan fingerprint density at radius 3 is 2.26 bits per heavy atom. The molecular formula is C14H14N2O3. The number of hydrogen-bond donors (Lipinski definition) is 2. The number of rotatable bonds is 3. The Hall–Kier alpha value is -2.56. The quantitative estimate of drug-likeness (QED) is 0.886. The number of carbonyl (C=O) groups is 2. The van der Waals surface area contributed by atoms with E-state index >= 15 is 0 Å². The molecule has 0 aliphatic heterocycles. The third kappa shape index (κ3) is 2.82. The lowest BCUT2D eigenvalue weighted by Gasteiger charge is -2.05. The van der Waals surface area contributed by atoms with Gasteiger partial charge in [0.15, 0.2) is 0 Å². The summed E-state index contributed by atoms with van der Waals surface area (Å²) in [5, 5.41) is 5.27. The fourth-order valence-electron chi connectivity index (χ4n) is 1.67. The van der Waals surface area contributed by atoms with E-state index in [-0.39, 0.29) is 11.8 Å². The first-order valence-corrected chi connectivity index (χ1v) is 5.79. The van der Waals surface area contributed by atoms with Crippen LogP contribution in [0.4, 0.5) is 5.69 Å². The molecule has 0 unspecified atom stereocenters. The van der Waals surface area contributed by atoms with Crippen LogP contribution in [0.15, 0.2) is 41.0 Å². The normalized spacial score (nSPS) is 10.0. The summed E-state index contributed by atoms with van der Waals surface area (Å²) in [7, 11) is 1.57. The van der Waals surface area contributed by atoms with E-state index in [0.717, 1.165) is 0 Å². The average Bonchev–Trinajstić information content (AvgIpc) is 2.85. The van der Waals surface area contributed by atoms with Crippen LogP contribution in [0.3, 0.4) is 0 Å². The number of furan rings is 1. The molecule has 1 aromatic heterocycles. The highest BCUT2D eigenvalue weighted by molar-refractivity contribution is 6.05. The van der Waals surface area contributed by atoms with Gasteiger partial charge in [0.05, 0.1) is 11.8 Å². The molecule has 0 atom stereocenters. The fourth-order valence-corrected chi connectivity index (χ4v) is 1.67. The van der Waals surface area contributed by atoms with Crippen LogP contribution in [-0.4, -0.2) is 18.9 Å². The van der Waals surface area contributed by atoms with E-state index in [0.29, 0.717) is 22.6 Å². The molecule has 0 aliphatic rings. The molecule has 98 valence electrons. The zero-order chi connectivity index (χ0) is 13.8. The summed E-state index contributed by atoms with van der Waals surface area (Å²) < 4.78 is 5.07. The Morgan fingerprint density at radius 2 is 1.74 bits per heavy atom. The zero-order valence-corrected chi connectivity index (χ0v) is 10.7. The molecule has 5 nitrogen and oxygen atoms in total. The van der Waals surface area contributed by atoms with Crippen molar-refractivity contribution in [1.82, 2.24) is 5.32 Å². The minimum Gasteiger partial charge on any atom is -0.469 e. The van der Waals surface area contributed by atoms with Crippen molar-refractivity contribution in [1.29, 1.82) is 0 Å². The third-order valence-corrected chi connectivity index (χ3v) is 2.74. The second-order valence-corrected chi connectivity index (χ2v) is 4.00. The molecule has 0 saturated carbocycles. The van der Waals surface area contributed by atoms with Gasteiger partial charge in [-0.3, -0.25) is 9.59 Å². The summed E-state index contributed by atoms with van der Waals surface area (Å²) >= 11 is 0. The topological polar surface area (TPSA) is 71.3 Å². The summed E-state index contributed by atoms with van der Waals surface area (Å²) in [5.74, 6) is 0.168. The zero-order valence-electron chi connectivity index (χ0n) is 10.7. The third-order valence-electron chi connectivity index (χ3n) is 2.74. The predicted octanol–water partition coefficient (Wildman–Crippen LogP) is 2.20. The van der Waals surface area contributed by atoms with E-state index in [1.165, 1.54) is 6.26 Å². The maximum atomic E-state index is 11.9. The standard InChI is InChI=1S/C14H14N2O3/c1-9-12(7-8-19-9)14(18)16-11-5-3-10(4-6-11)13(17)15-2/h3-8H,1-2H3,(H,15,17)(H,16,18). The number of amides is 2. The summed E-state index contributed by atoms with van der Waals surface area (Å²) in [6.07, 6.45) is 1.47. The Balaban J connectivity index is 2.10. The van der Waals surface area contributed by atoms with Gasteiger partial charge < -0.3 is 15.1 Å². The Morgan fingerprint density at radius 1 is 1.05 bits per heavy atom. The first kappa shape index (κ1) is 12.9. The van der Waals surface area contributed by atoms with Crippen LogP contribution < -0.4 is 10.6 Å². The predicted molar refractivity (Wildman–Crippen MR) is 71.2 cm³/mol.